The Hall–Kier alpha value is -0.390. The average molecular weight is 331 g/mol. The number of aryl methyl sites for hydroxylation is 1. The van der Waals surface area contributed by atoms with E-state index in [1.165, 1.54) is 11.3 Å². The first kappa shape index (κ1) is 14.0. The molecule has 18 heavy (non-hydrogen) atoms. The first-order valence-electron chi connectivity index (χ1n) is 6.17. The Bertz CT molecular complexity index is 428. The summed E-state index contributed by atoms with van der Waals surface area (Å²) in [6.45, 7) is 7.99. The van der Waals surface area contributed by atoms with Gasteiger partial charge in [-0.1, -0.05) is 0 Å². The Morgan fingerprint density at radius 2 is 1.94 bits per heavy atom. The van der Waals surface area contributed by atoms with Crippen molar-refractivity contribution in [2.24, 2.45) is 0 Å². The molecule has 0 saturated carbocycles. The summed E-state index contributed by atoms with van der Waals surface area (Å²) in [5, 5.41) is 0. The number of halogens is 1. The van der Waals surface area contributed by atoms with Crippen LogP contribution in [0.1, 0.15) is 29.1 Å². The predicted octanol–water partition coefficient (Wildman–Crippen LogP) is 2.98. The van der Waals surface area contributed by atoms with E-state index >= 15 is 0 Å². The highest BCUT2D eigenvalue weighted by molar-refractivity contribution is 9.11. The molecule has 2 rings (SSSR count). The van der Waals surface area contributed by atoms with Crippen LogP contribution in [0.2, 0.25) is 0 Å². The van der Waals surface area contributed by atoms with Crippen molar-refractivity contribution in [1.29, 1.82) is 0 Å². The number of hydrogen-bond donors (Lipinski definition) is 0. The van der Waals surface area contributed by atoms with Crippen LogP contribution in [0, 0.1) is 6.92 Å². The average Bonchev–Trinajstić information content (AvgIpc) is 2.65. The van der Waals surface area contributed by atoms with Crippen molar-refractivity contribution in [1.82, 2.24) is 9.80 Å². The number of rotatable bonds is 1. The van der Waals surface area contributed by atoms with E-state index in [1.54, 1.807) is 0 Å². The molecule has 1 aromatic heterocycles. The van der Waals surface area contributed by atoms with Crippen LogP contribution >= 0.6 is 27.3 Å². The van der Waals surface area contributed by atoms with E-state index in [-0.39, 0.29) is 5.91 Å². The quantitative estimate of drug-likeness (QED) is 0.790. The lowest BCUT2D eigenvalue weighted by Crippen LogP contribution is -2.56. The van der Waals surface area contributed by atoms with E-state index in [9.17, 15) is 4.79 Å². The number of likely N-dealkylation sites (N-methyl/N-ethyl adjacent to an activating group) is 1. The van der Waals surface area contributed by atoms with Crippen molar-refractivity contribution in [2.45, 2.75) is 32.9 Å². The van der Waals surface area contributed by atoms with Gasteiger partial charge in [-0.05, 0) is 55.4 Å². The van der Waals surface area contributed by atoms with Crippen molar-refractivity contribution in [3.8, 4) is 0 Å². The third-order valence-corrected chi connectivity index (χ3v) is 5.84. The van der Waals surface area contributed by atoms with E-state index in [1.807, 2.05) is 17.9 Å². The third-order valence-electron chi connectivity index (χ3n) is 3.71. The smallest absolute Gasteiger partial charge is 0.264 e. The molecule has 100 valence electrons. The summed E-state index contributed by atoms with van der Waals surface area (Å²) in [7, 11) is 2.13. The molecule has 2 unspecified atom stereocenters. The molecule has 2 atom stereocenters. The van der Waals surface area contributed by atoms with E-state index in [2.05, 4.69) is 41.7 Å². The highest BCUT2D eigenvalue weighted by Crippen LogP contribution is 2.29. The first-order valence-corrected chi connectivity index (χ1v) is 7.78. The van der Waals surface area contributed by atoms with E-state index in [0.717, 1.165) is 27.3 Å². The minimum absolute atomic E-state index is 0.167. The van der Waals surface area contributed by atoms with Crippen molar-refractivity contribution in [3.05, 3.63) is 20.3 Å². The molecular weight excluding hydrogens is 312 g/mol. The molecule has 0 bridgehead atoms. The Balaban J connectivity index is 2.14. The first-order chi connectivity index (χ1) is 8.40. The molecule has 1 aliphatic heterocycles. The summed E-state index contributed by atoms with van der Waals surface area (Å²) in [4.78, 5) is 17.6. The van der Waals surface area contributed by atoms with Crippen molar-refractivity contribution in [2.75, 3.05) is 20.1 Å². The summed E-state index contributed by atoms with van der Waals surface area (Å²) < 4.78 is 1.06. The van der Waals surface area contributed by atoms with Crippen LogP contribution in [0.25, 0.3) is 0 Å². The van der Waals surface area contributed by atoms with E-state index in [4.69, 9.17) is 0 Å². The van der Waals surface area contributed by atoms with Gasteiger partial charge in [0.2, 0.25) is 0 Å². The maximum absolute atomic E-state index is 12.5. The lowest BCUT2D eigenvalue weighted by atomic mass is 10.1. The number of amides is 1. The Kier molecular flexibility index (Phi) is 4.14. The molecule has 2 heterocycles. The van der Waals surface area contributed by atoms with Crippen LogP contribution in [-0.2, 0) is 0 Å². The molecule has 1 fully saturated rings. The third kappa shape index (κ3) is 2.63. The number of piperazine rings is 1. The fourth-order valence-corrected chi connectivity index (χ4v) is 3.79. The molecule has 0 spiro atoms. The van der Waals surface area contributed by atoms with Gasteiger partial charge in [-0.15, -0.1) is 11.3 Å². The van der Waals surface area contributed by atoms with Crippen molar-refractivity contribution < 1.29 is 4.79 Å². The van der Waals surface area contributed by atoms with Crippen LogP contribution in [0.15, 0.2) is 9.85 Å². The highest BCUT2D eigenvalue weighted by atomic mass is 79.9. The van der Waals surface area contributed by atoms with E-state index < -0.39 is 0 Å². The maximum Gasteiger partial charge on any atom is 0.264 e. The SMILES string of the molecule is Cc1cc(C(=O)N2CC(C)N(C)C(C)C2)sc1Br. The summed E-state index contributed by atoms with van der Waals surface area (Å²) >= 11 is 5.01. The largest absolute Gasteiger partial charge is 0.335 e. The second-order valence-corrected chi connectivity index (χ2v) is 7.51. The highest BCUT2D eigenvalue weighted by Gasteiger charge is 2.30. The molecule has 0 N–H and O–H groups in total. The molecule has 1 amide bonds. The van der Waals surface area contributed by atoms with Crippen LogP contribution in [-0.4, -0.2) is 47.9 Å². The Labute approximate surface area is 121 Å². The number of nitrogens with zero attached hydrogens (tertiary/aromatic N) is 2. The fraction of sp³-hybridized carbons (Fsp3) is 0.615. The zero-order valence-corrected chi connectivity index (χ0v) is 13.6. The van der Waals surface area contributed by atoms with Crippen molar-refractivity contribution >= 4 is 33.2 Å². The second kappa shape index (κ2) is 5.31. The molecule has 3 nitrogen and oxygen atoms in total. The van der Waals surface area contributed by atoms with Crippen LogP contribution < -0.4 is 0 Å². The standard InChI is InChI=1S/C13H19BrN2OS/c1-8-5-11(18-12(8)14)13(17)16-6-9(2)15(4)10(3)7-16/h5,9-10H,6-7H2,1-4H3. The van der Waals surface area contributed by atoms with Gasteiger partial charge in [0.15, 0.2) is 0 Å². The Morgan fingerprint density at radius 3 is 2.39 bits per heavy atom. The van der Waals surface area contributed by atoms with Gasteiger partial charge in [0.25, 0.3) is 5.91 Å². The maximum atomic E-state index is 12.5. The zero-order valence-electron chi connectivity index (χ0n) is 11.2. The molecule has 0 radical (unpaired) electrons. The lowest BCUT2D eigenvalue weighted by Gasteiger charge is -2.42. The fourth-order valence-electron chi connectivity index (χ4n) is 2.29. The van der Waals surface area contributed by atoms with Gasteiger partial charge >= 0.3 is 0 Å². The van der Waals surface area contributed by atoms with Gasteiger partial charge in [-0.3, -0.25) is 9.69 Å². The van der Waals surface area contributed by atoms with Crippen LogP contribution in [0.3, 0.4) is 0 Å². The Morgan fingerprint density at radius 1 is 1.39 bits per heavy atom. The minimum Gasteiger partial charge on any atom is -0.335 e. The summed E-state index contributed by atoms with van der Waals surface area (Å²) in [6.07, 6.45) is 0. The normalized spacial score (nSPS) is 25.5. The number of hydrogen-bond acceptors (Lipinski definition) is 3. The van der Waals surface area contributed by atoms with Gasteiger partial charge in [-0.25, -0.2) is 0 Å². The summed E-state index contributed by atoms with van der Waals surface area (Å²) in [6, 6.07) is 2.81. The van der Waals surface area contributed by atoms with Gasteiger partial charge in [0, 0.05) is 25.2 Å². The number of carbonyl (C=O) groups is 1. The zero-order chi connectivity index (χ0) is 13.4. The summed E-state index contributed by atoms with van der Waals surface area (Å²) in [5.41, 5.74) is 1.14. The van der Waals surface area contributed by atoms with Crippen LogP contribution in [0.5, 0.6) is 0 Å². The molecular formula is C13H19BrN2OS. The van der Waals surface area contributed by atoms with Crippen LogP contribution in [0.4, 0.5) is 0 Å². The topological polar surface area (TPSA) is 23.6 Å². The van der Waals surface area contributed by atoms with Gasteiger partial charge < -0.3 is 4.90 Å². The van der Waals surface area contributed by atoms with E-state index in [0.29, 0.717) is 12.1 Å². The molecule has 1 aromatic rings. The molecule has 1 aliphatic rings. The molecule has 0 aromatic carbocycles. The number of thiophene rings is 1. The van der Waals surface area contributed by atoms with Gasteiger partial charge in [0.05, 0.1) is 8.66 Å². The van der Waals surface area contributed by atoms with Gasteiger partial charge in [-0.2, -0.15) is 0 Å². The molecule has 0 aliphatic carbocycles. The molecule has 5 heteroatoms. The summed E-state index contributed by atoms with van der Waals surface area (Å²) in [5.74, 6) is 0.167. The minimum atomic E-state index is 0.167. The predicted molar refractivity (Wildman–Crippen MR) is 79.3 cm³/mol. The second-order valence-electron chi connectivity index (χ2n) is 5.14. The monoisotopic (exact) mass is 330 g/mol. The number of carbonyl (C=O) groups excluding carboxylic acids is 1. The lowest BCUT2D eigenvalue weighted by molar-refractivity contribution is 0.0418. The molecule has 1 saturated heterocycles. The van der Waals surface area contributed by atoms with Crippen molar-refractivity contribution in [3.63, 3.8) is 0 Å². The van der Waals surface area contributed by atoms with Gasteiger partial charge in [0.1, 0.15) is 0 Å².